The molecular formula is C18H19N7O. The lowest BCUT2D eigenvalue weighted by molar-refractivity contribution is 0.102. The SMILES string of the molecule is O=C(Nc1ccc(N2CCCCC2)cn1)c1cccc(-n2cnnn2)c1. The number of anilines is 2. The molecule has 2 aromatic heterocycles. The van der Waals surface area contributed by atoms with E-state index >= 15 is 0 Å². The van der Waals surface area contributed by atoms with Gasteiger partial charge in [0.05, 0.1) is 17.6 Å². The maximum absolute atomic E-state index is 12.5. The van der Waals surface area contributed by atoms with Gasteiger partial charge in [-0.2, -0.15) is 0 Å². The van der Waals surface area contributed by atoms with E-state index in [4.69, 9.17) is 0 Å². The van der Waals surface area contributed by atoms with E-state index in [-0.39, 0.29) is 5.91 Å². The van der Waals surface area contributed by atoms with Crippen LogP contribution in [0.1, 0.15) is 29.6 Å². The second kappa shape index (κ2) is 7.30. The lowest BCUT2D eigenvalue weighted by Gasteiger charge is -2.28. The largest absolute Gasteiger partial charge is 0.370 e. The van der Waals surface area contributed by atoms with Crippen LogP contribution in [-0.2, 0) is 0 Å². The first-order valence-corrected chi connectivity index (χ1v) is 8.65. The lowest BCUT2D eigenvalue weighted by atomic mass is 10.1. The minimum Gasteiger partial charge on any atom is -0.370 e. The van der Waals surface area contributed by atoms with Gasteiger partial charge in [0.25, 0.3) is 5.91 Å². The Kier molecular flexibility index (Phi) is 4.55. The van der Waals surface area contributed by atoms with Crippen LogP contribution in [0, 0.1) is 0 Å². The van der Waals surface area contributed by atoms with Gasteiger partial charge in [-0.15, -0.1) is 5.10 Å². The summed E-state index contributed by atoms with van der Waals surface area (Å²) in [7, 11) is 0. The van der Waals surface area contributed by atoms with Crippen LogP contribution in [0.2, 0.25) is 0 Å². The minimum absolute atomic E-state index is 0.224. The number of tetrazole rings is 1. The summed E-state index contributed by atoms with van der Waals surface area (Å²) in [5, 5.41) is 13.9. The average Bonchev–Trinajstić information content (AvgIpc) is 3.24. The van der Waals surface area contributed by atoms with Gasteiger partial charge < -0.3 is 10.2 Å². The molecule has 1 saturated heterocycles. The quantitative estimate of drug-likeness (QED) is 0.777. The molecule has 0 atom stereocenters. The number of benzene rings is 1. The summed E-state index contributed by atoms with van der Waals surface area (Å²) in [6.45, 7) is 2.13. The Hall–Kier alpha value is -3.29. The van der Waals surface area contributed by atoms with E-state index in [1.165, 1.54) is 30.3 Å². The zero-order valence-corrected chi connectivity index (χ0v) is 14.2. The highest BCUT2D eigenvalue weighted by atomic mass is 16.1. The molecule has 3 aromatic rings. The number of hydrogen-bond donors (Lipinski definition) is 1. The third kappa shape index (κ3) is 3.53. The summed E-state index contributed by atoms with van der Waals surface area (Å²) < 4.78 is 1.50. The van der Waals surface area contributed by atoms with Gasteiger partial charge in [-0.1, -0.05) is 6.07 Å². The van der Waals surface area contributed by atoms with E-state index in [0.29, 0.717) is 11.4 Å². The number of carbonyl (C=O) groups excluding carboxylic acids is 1. The Morgan fingerprint density at radius 3 is 2.65 bits per heavy atom. The third-order valence-electron chi connectivity index (χ3n) is 4.43. The molecule has 1 fully saturated rings. The Morgan fingerprint density at radius 2 is 1.92 bits per heavy atom. The predicted molar refractivity (Wildman–Crippen MR) is 97.4 cm³/mol. The molecule has 1 amide bonds. The number of nitrogens with one attached hydrogen (secondary N) is 1. The highest BCUT2D eigenvalue weighted by Crippen LogP contribution is 2.20. The number of aromatic nitrogens is 5. The first kappa shape index (κ1) is 16.2. The Bertz CT molecular complexity index is 871. The molecule has 26 heavy (non-hydrogen) atoms. The van der Waals surface area contributed by atoms with Crippen LogP contribution in [0.15, 0.2) is 48.9 Å². The van der Waals surface area contributed by atoms with Crippen LogP contribution in [0.4, 0.5) is 11.5 Å². The van der Waals surface area contributed by atoms with Crippen LogP contribution in [0.25, 0.3) is 5.69 Å². The van der Waals surface area contributed by atoms with Crippen molar-refractivity contribution in [3.63, 3.8) is 0 Å². The summed E-state index contributed by atoms with van der Waals surface area (Å²) in [4.78, 5) is 19.2. The summed E-state index contributed by atoms with van der Waals surface area (Å²) in [6.07, 6.45) is 7.03. The van der Waals surface area contributed by atoms with Crippen molar-refractivity contribution in [1.82, 2.24) is 25.2 Å². The Morgan fingerprint density at radius 1 is 1.04 bits per heavy atom. The molecule has 3 heterocycles. The van der Waals surface area contributed by atoms with Crippen molar-refractivity contribution in [1.29, 1.82) is 0 Å². The van der Waals surface area contributed by atoms with Crippen molar-refractivity contribution >= 4 is 17.4 Å². The Balaban J connectivity index is 1.45. The second-order valence-corrected chi connectivity index (χ2v) is 6.21. The number of pyridine rings is 1. The fraction of sp³-hybridized carbons (Fsp3) is 0.278. The number of piperidine rings is 1. The molecule has 132 valence electrons. The van der Waals surface area contributed by atoms with Gasteiger partial charge in [0.1, 0.15) is 12.1 Å². The van der Waals surface area contributed by atoms with Crippen molar-refractivity contribution in [3.05, 3.63) is 54.5 Å². The molecule has 4 rings (SSSR count). The second-order valence-electron chi connectivity index (χ2n) is 6.21. The number of carbonyl (C=O) groups is 1. The molecule has 0 saturated carbocycles. The summed E-state index contributed by atoms with van der Waals surface area (Å²) in [5.74, 6) is 0.307. The standard InChI is InChI=1S/C18H19N7O/c26-18(14-5-4-6-15(11-14)25-13-20-22-23-25)21-17-8-7-16(12-19-17)24-9-2-1-3-10-24/h4-8,11-13H,1-3,9-10H2,(H,19,21,26). The van der Waals surface area contributed by atoms with Crippen molar-refractivity contribution < 1.29 is 4.79 Å². The summed E-state index contributed by atoms with van der Waals surface area (Å²) >= 11 is 0. The van der Waals surface area contributed by atoms with Gasteiger partial charge in [-0.25, -0.2) is 9.67 Å². The van der Waals surface area contributed by atoms with E-state index in [0.717, 1.165) is 24.5 Å². The van der Waals surface area contributed by atoms with Crippen molar-refractivity contribution in [2.45, 2.75) is 19.3 Å². The number of amides is 1. The van der Waals surface area contributed by atoms with Crippen LogP contribution in [0.5, 0.6) is 0 Å². The maximum atomic E-state index is 12.5. The maximum Gasteiger partial charge on any atom is 0.256 e. The molecule has 0 spiro atoms. The van der Waals surface area contributed by atoms with Gasteiger partial charge >= 0.3 is 0 Å². The van der Waals surface area contributed by atoms with E-state index in [1.54, 1.807) is 18.2 Å². The number of hydrogen-bond acceptors (Lipinski definition) is 6. The smallest absolute Gasteiger partial charge is 0.256 e. The average molecular weight is 349 g/mol. The van der Waals surface area contributed by atoms with Crippen LogP contribution in [0.3, 0.4) is 0 Å². The Labute approximate surface area is 150 Å². The fourth-order valence-electron chi connectivity index (χ4n) is 3.06. The lowest BCUT2D eigenvalue weighted by Crippen LogP contribution is -2.29. The van der Waals surface area contributed by atoms with Gasteiger partial charge in [0.2, 0.25) is 0 Å². The normalized spacial score (nSPS) is 14.2. The zero-order chi connectivity index (χ0) is 17.8. The molecule has 8 nitrogen and oxygen atoms in total. The molecule has 0 unspecified atom stereocenters. The molecule has 8 heteroatoms. The fourth-order valence-corrected chi connectivity index (χ4v) is 3.06. The zero-order valence-electron chi connectivity index (χ0n) is 14.2. The van der Waals surface area contributed by atoms with E-state index in [2.05, 4.69) is 30.7 Å². The third-order valence-corrected chi connectivity index (χ3v) is 4.43. The molecule has 1 N–H and O–H groups in total. The number of rotatable bonds is 4. The highest BCUT2D eigenvalue weighted by molar-refractivity contribution is 6.04. The van der Waals surface area contributed by atoms with Gasteiger partial charge in [-0.05, 0) is 60.0 Å². The van der Waals surface area contributed by atoms with Crippen LogP contribution >= 0.6 is 0 Å². The van der Waals surface area contributed by atoms with Gasteiger partial charge in [0, 0.05) is 18.7 Å². The van der Waals surface area contributed by atoms with Crippen molar-refractivity contribution in [2.24, 2.45) is 0 Å². The summed E-state index contributed by atoms with van der Waals surface area (Å²) in [6, 6.07) is 10.9. The molecular weight excluding hydrogens is 330 g/mol. The molecule has 0 bridgehead atoms. The van der Waals surface area contributed by atoms with Crippen LogP contribution in [-0.4, -0.2) is 44.2 Å². The molecule has 0 aliphatic carbocycles. The first-order chi connectivity index (χ1) is 12.8. The minimum atomic E-state index is -0.224. The van der Waals surface area contributed by atoms with Gasteiger partial charge in [0.15, 0.2) is 0 Å². The number of nitrogens with zero attached hydrogens (tertiary/aromatic N) is 6. The molecule has 1 aromatic carbocycles. The molecule has 1 aliphatic heterocycles. The highest BCUT2D eigenvalue weighted by Gasteiger charge is 2.12. The van der Waals surface area contributed by atoms with Crippen molar-refractivity contribution in [2.75, 3.05) is 23.3 Å². The van der Waals surface area contributed by atoms with E-state index in [1.807, 2.05) is 24.4 Å². The molecule has 0 radical (unpaired) electrons. The van der Waals surface area contributed by atoms with E-state index in [9.17, 15) is 4.79 Å². The first-order valence-electron chi connectivity index (χ1n) is 8.65. The topological polar surface area (TPSA) is 88.8 Å². The molecule has 1 aliphatic rings. The van der Waals surface area contributed by atoms with E-state index < -0.39 is 0 Å². The van der Waals surface area contributed by atoms with Crippen LogP contribution < -0.4 is 10.2 Å². The summed E-state index contributed by atoms with van der Waals surface area (Å²) in [5.41, 5.74) is 2.33. The van der Waals surface area contributed by atoms with Crippen molar-refractivity contribution in [3.8, 4) is 5.69 Å². The predicted octanol–water partition coefficient (Wildman–Crippen LogP) is 2.30. The monoisotopic (exact) mass is 349 g/mol. The van der Waals surface area contributed by atoms with Gasteiger partial charge in [-0.3, -0.25) is 4.79 Å².